The zero-order chi connectivity index (χ0) is 8.97. The van der Waals surface area contributed by atoms with Gasteiger partial charge in [0.25, 0.3) is 0 Å². The van der Waals surface area contributed by atoms with Crippen LogP contribution >= 0.6 is 0 Å². The predicted molar refractivity (Wildman–Crippen MR) is 47.6 cm³/mol. The van der Waals surface area contributed by atoms with Crippen LogP contribution in [0.5, 0.6) is 0 Å². The number of hydrogen-bond donors (Lipinski definition) is 1. The Hall–Kier alpha value is -0.890. The quantitative estimate of drug-likeness (QED) is 0.669. The highest BCUT2D eigenvalue weighted by Gasteiger charge is 2.12. The van der Waals surface area contributed by atoms with Crippen LogP contribution in [0.2, 0.25) is 0 Å². The zero-order valence-electron chi connectivity index (χ0n) is 7.13. The highest BCUT2D eigenvalue weighted by Crippen LogP contribution is 2.21. The zero-order valence-corrected chi connectivity index (χ0v) is 7.13. The van der Waals surface area contributed by atoms with Crippen molar-refractivity contribution in [1.29, 1.82) is 0 Å². The van der Waals surface area contributed by atoms with Crippen LogP contribution in [0.4, 0.5) is 4.39 Å². The van der Waals surface area contributed by atoms with Crippen molar-refractivity contribution in [2.45, 2.75) is 19.5 Å². The number of alkyl halides is 1. The van der Waals surface area contributed by atoms with Gasteiger partial charge >= 0.3 is 0 Å². The molecule has 0 aromatic heterocycles. The Balaban J connectivity index is 2.85. The number of aliphatic hydroxyl groups is 1. The van der Waals surface area contributed by atoms with Gasteiger partial charge in [0.05, 0.1) is 6.61 Å². The molecule has 1 unspecified atom stereocenters. The van der Waals surface area contributed by atoms with E-state index in [1.54, 1.807) is 6.08 Å². The molecule has 1 aliphatic carbocycles. The number of hydrogen-bond acceptors (Lipinski definition) is 1. The SMILES string of the molecule is C/C=C\C1=C(CO)C=CC(F)C1. The smallest absolute Gasteiger partial charge is 0.123 e. The fourth-order valence-corrected chi connectivity index (χ4v) is 1.27. The van der Waals surface area contributed by atoms with Gasteiger partial charge in [0, 0.05) is 6.42 Å². The van der Waals surface area contributed by atoms with Crippen molar-refractivity contribution in [3.8, 4) is 0 Å². The minimum atomic E-state index is -0.897. The van der Waals surface area contributed by atoms with Gasteiger partial charge in [-0.15, -0.1) is 0 Å². The van der Waals surface area contributed by atoms with E-state index in [9.17, 15) is 4.39 Å². The maximum absolute atomic E-state index is 12.8. The van der Waals surface area contributed by atoms with Gasteiger partial charge in [-0.05, 0) is 24.1 Å². The summed E-state index contributed by atoms with van der Waals surface area (Å²) in [7, 11) is 0. The first-order chi connectivity index (χ1) is 5.77. The van der Waals surface area contributed by atoms with E-state index in [0.717, 1.165) is 11.1 Å². The van der Waals surface area contributed by atoms with Gasteiger partial charge in [-0.2, -0.15) is 0 Å². The molecule has 1 aliphatic rings. The van der Waals surface area contributed by atoms with Crippen molar-refractivity contribution in [2.75, 3.05) is 6.61 Å². The Morgan fingerprint density at radius 1 is 1.75 bits per heavy atom. The molecule has 0 heterocycles. The molecule has 2 heteroatoms. The summed E-state index contributed by atoms with van der Waals surface area (Å²) in [5.74, 6) is 0. The van der Waals surface area contributed by atoms with E-state index in [1.807, 2.05) is 19.1 Å². The van der Waals surface area contributed by atoms with E-state index in [-0.39, 0.29) is 6.61 Å². The molecular weight excluding hydrogens is 155 g/mol. The summed E-state index contributed by atoms with van der Waals surface area (Å²) in [6, 6.07) is 0. The van der Waals surface area contributed by atoms with Crippen molar-refractivity contribution < 1.29 is 9.50 Å². The third kappa shape index (κ3) is 2.05. The van der Waals surface area contributed by atoms with Crippen LogP contribution in [0.1, 0.15) is 13.3 Å². The average molecular weight is 168 g/mol. The molecule has 0 aliphatic heterocycles. The first kappa shape index (κ1) is 9.20. The number of rotatable bonds is 2. The second-order valence-electron chi connectivity index (χ2n) is 2.79. The molecule has 12 heavy (non-hydrogen) atoms. The summed E-state index contributed by atoms with van der Waals surface area (Å²) in [6.45, 7) is 1.87. The Kier molecular flexibility index (Phi) is 3.23. The molecule has 0 fully saturated rings. The molecule has 1 N–H and O–H groups in total. The first-order valence-electron chi connectivity index (χ1n) is 4.05. The minimum absolute atomic E-state index is 0.0110. The summed E-state index contributed by atoms with van der Waals surface area (Å²) in [5.41, 5.74) is 1.72. The number of halogens is 1. The van der Waals surface area contributed by atoms with Gasteiger partial charge in [0.15, 0.2) is 0 Å². The third-order valence-corrected chi connectivity index (χ3v) is 1.87. The predicted octanol–water partition coefficient (Wildman–Crippen LogP) is 2.15. The van der Waals surface area contributed by atoms with E-state index < -0.39 is 6.17 Å². The Morgan fingerprint density at radius 3 is 3.08 bits per heavy atom. The van der Waals surface area contributed by atoms with Gasteiger partial charge in [-0.1, -0.05) is 18.2 Å². The Bertz CT molecular complexity index is 238. The van der Waals surface area contributed by atoms with E-state index >= 15 is 0 Å². The van der Waals surface area contributed by atoms with Crippen molar-refractivity contribution >= 4 is 0 Å². The molecule has 0 saturated heterocycles. The van der Waals surface area contributed by atoms with Gasteiger partial charge in [0.2, 0.25) is 0 Å². The summed E-state index contributed by atoms with van der Waals surface area (Å²) in [6.07, 6.45) is 6.34. The van der Waals surface area contributed by atoms with Crippen LogP contribution in [0.15, 0.2) is 35.5 Å². The normalized spacial score (nSPS) is 24.1. The summed E-state index contributed by atoms with van der Waals surface area (Å²) in [4.78, 5) is 0. The average Bonchev–Trinajstić information content (AvgIpc) is 2.05. The van der Waals surface area contributed by atoms with Crippen LogP contribution in [-0.4, -0.2) is 17.9 Å². The minimum Gasteiger partial charge on any atom is -0.392 e. The van der Waals surface area contributed by atoms with Crippen molar-refractivity contribution in [3.63, 3.8) is 0 Å². The summed E-state index contributed by atoms with van der Waals surface area (Å²) < 4.78 is 12.8. The molecule has 1 nitrogen and oxygen atoms in total. The lowest BCUT2D eigenvalue weighted by Gasteiger charge is -2.13. The first-order valence-corrected chi connectivity index (χ1v) is 4.05. The molecular formula is C10H13FO. The van der Waals surface area contributed by atoms with Crippen LogP contribution in [0.3, 0.4) is 0 Å². The summed E-state index contributed by atoms with van der Waals surface area (Å²) in [5, 5.41) is 8.91. The molecule has 0 aromatic carbocycles. The van der Waals surface area contributed by atoms with Crippen molar-refractivity contribution in [2.24, 2.45) is 0 Å². The maximum atomic E-state index is 12.8. The molecule has 0 aromatic rings. The fraction of sp³-hybridized carbons (Fsp3) is 0.400. The van der Waals surface area contributed by atoms with E-state index in [1.165, 1.54) is 6.08 Å². The monoisotopic (exact) mass is 168 g/mol. The largest absolute Gasteiger partial charge is 0.392 e. The van der Waals surface area contributed by atoms with Crippen LogP contribution in [-0.2, 0) is 0 Å². The molecule has 0 amide bonds. The molecule has 0 bridgehead atoms. The van der Waals surface area contributed by atoms with E-state index in [0.29, 0.717) is 6.42 Å². The van der Waals surface area contributed by atoms with Gasteiger partial charge in [-0.25, -0.2) is 4.39 Å². The number of aliphatic hydroxyl groups excluding tert-OH is 1. The molecule has 0 radical (unpaired) electrons. The Morgan fingerprint density at radius 2 is 2.50 bits per heavy atom. The lowest BCUT2D eigenvalue weighted by molar-refractivity contribution is 0.329. The fourth-order valence-electron chi connectivity index (χ4n) is 1.27. The molecule has 1 atom stereocenters. The van der Waals surface area contributed by atoms with Crippen molar-refractivity contribution in [3.05, 3.63) is 35.5 Å². The molecule has 66 valence electrons. The second-order valence-corrected chi connectivity index (χ2v) is 2.79. The maximum Gasteiger partial charge on any atom is 0.123 e. The Labute approximate surface area is 71.9 Å². The number of allylic oxidation sites excluding steroid dienone is 4. The summed E-state index contributed by atoms with van der Waals surface area (Å²) >= 11 is 0. The van der Waals surface area contributed by atoms with Gasteiger partial charge in [-0.3, -0.25) is 0 Å². The van der Waals surface area contributed by atoms with Crippen LogP contribution in [0.25, 0.3) is 0 Å². The van der Waals surface area contributed by atoms with Crippen LogP contribution in [0, 0.1) is 0 Å². The van der Waals surface area contributed by atoms with Gasteiger partial charge < -0.3 is 5.11 Å². The third-order valence-electron chi connectivity index (χ3n) is 1.87. The second kappa shape index (κ2) is 4.21. The van der Waals surface area contributed by atoms with E-state index in [2.05, 4.69) is 0 Å². The standard InChI is InChI=1S/C10H13FO/c1-2-3-8-6-10(11)5-4-9(8)7-12/h2-5,10,12H,6-7H2,1H3/b3-2-. The highest BCUT2D eigenvalue weighted by molar-refractivity contribution is 5.37. The highest BCUT2D eigenvalue weighted by atomic mass is 19.1. The lowest BCUT2D eigenvalue weighted by Crippen LogP contribution is -2.06. The van der Waals surface area contributed by atoms with Crippen molar-refractivity contribution in [1.82, 2.24) is 0 Å². The van der Waals surface area contributed by atoms with E-state index in [4.69, 9.17) is 5.11 Å². The molecule has 0 spiro atoms. The molecule has 1 rings (SSSR count). The topological polar surface area (TPSA) is 20.2 Å². The van der Waals surface area contributed by atoms with Crippen LogP contribution < -0.4 is 0 Å². The lowest BCUT2D eigenvalue weighted by atomic mass is 9.96. The molecule has 0 saturated carbocycles. The van der Waals surface area contributed by atoms with Gasteiger partial charge in [0.1, 0.15) is 6.17 Å².